The quantitative estimate of drug-likeness (QED) is 0.451. The molecule has 31 heavy (non-hydrogen) atoms. The van der Waals surface area contributed by atoms with Crippen LogP contribution in [0, 0.1) is 6.92 Å². The Morgan fingerprint density at radius 1 is 1.03 bits per heavy atom. The first kappa shape index (κ1) is 20.3. The third kappa shape index (κ3) is 4.48. The van der Waals surface area contributed by atoms with Crippen molar-refractivity contribution in [3.63, 3.8) is 0 Å². The molecule has 6 nitrogen and oxygen atoms in total. The molecule has 0 aliphatic heterocycles. The van der Waals surface area contributed by atoms with Crippen LogP contribution in [0.5, 0.6) is 0 Å². The molecule has 0 unspecified atom stereocenters. The summed E-state index contributed by atoms with van der Waals surface area (Å²) < 4.78 is 5.07. The van der Waals surface area contributed by atoms with Crippen molar-refractivity contribution in [2.75, 3.05) is 6.61 Å². The van der Waals surface area contributed by atoms with E-state index in [1.54, 1.807) is 25.4 Å². The van der Waals surface area contributed by atoms with Gasteiger partial charge in [-0.25, -0.2) is 4.79 Å². The van der Waals surface area contributed by atoms with Crippen LogP contribution >= 0.6 is 0 Å². The van der Waals surface area contributed by atoms with E-state index in [9.17, 15) is 9.59 Å². The molecule has 2 aromatic carbocycles. The zero-order chi connectivity index (χ0) is 21.8. The van der Waals surface area contributed by atoms with Crippen LogP contribution in [0.3, 0.4) is 0 Å². The number of pyridine rings is 1. The maximum Gasteiger partial charge on any atom is 0.354 e. The number of aryl methyl sites for hydroxylation is 1. The highest BCUT2D eigenvalue weighted by Gasteiger charge is 2.13. The van der Waals surface area contributed by atoms with Gasteiger partial charge in [-0.15, -0.1) is 0 Å². The second-order valence-electron chi connectivity index (χ2n) is 7.27. The molecular formula is C25H23N3O3. The number of nitrogens with zero attached hydrogens (tertiary/aromatic N) is 1. The molecule has 0 aliphatic carbocycles. The maximum absolute atomic E-state index is 12.7. The van der Waals surface area contributed by atoms with Gasteiger partial charge >= 0.3 is 5.97 Å². The van der Waals surface area contributed by atoms with Gasteiger partial charge in [-0.3, -0.25) is 9.78 Å². The number of aromatic amines is 1. The molecule has 0 saturated carbocycles. The third-order valence-corrected chi connectivity index (χ3v) is 5.13. The van der Waals surface area contributed by atoms with E-state index in [-0.39, 0.29) is 11.9 Å². The highest BCUT2D eigenvalue weighted by atomic mass is 16.5. The summed E-state index contributed by atoms with van der Waals surface area (Å²) in [5.74, 6) is -0.505. The standard InChI is InChI=1S/C25H23N3O3/c1-3-31-25(30)23-14-20-12-18(6-7-22(20)28-23)21-13-19(5-4-16(21)2)24(29)27-15-17-8-10-26-11-9-17/h4-14,28H,3,15H2,1-2H3,(H,27,29). The highest BCUT2D eigenvalue weighted by molar-refractivity contribution is 5.98. The Kier molecular flexibility index (Phi) is 5.80. The Labute approximate surface area is 180 Å². The van der Waals surface area contributed by atoms with Gasteiger partial charge in [-0.05, 0) is 78.6 Å². The fourth-order valence-corrected chi connectivity index (χ4v) is 3.48. The topological polar surface area (TPSA) is 84.1 Å². The van der Waals surface area contributed by atoms with Gasteiger partial charge in [-0.2, -0.15) is 0 Å². The van der Waals surface area contributed by atoms with Gasteiger partial charge in [0.1, 0.15) is 5.69 Å². The molecule has 2 heterocycles. The van der Waals surface area contributed by atoms with Crippen LogP contribution < -0.4 is 5.32 Å². The van der Waals surface area contributed by atoms with Crippen LogP contribution in [-0.4, -0.2) is 28.5 Å². The monoisotopic (exact) mass is 413 g/mol. The van der Waals surface area contributed by atoms with Gasteiger partial charge in [0, 0.05) is 35.4 Å². The van der Waals surface area contributed by atoms with Crippen LogP contribution in [0.15, 0.2) is 67.0 Å². The number of carbonyl (C=O) groups excluding carboxylic acids is 2. The number of aromatic nitrogens is 2. The Balaban J connectivity index is 1.59. The van der Waals surface area contributed by atoms with E-state index in [0.717, 1.165) is 33.2 Å². The summed E-state index contributed by atoms with van der Waals surface area (Å²) in [7, 11) is 0. The van der Waals surface area contributed by atoms with Crippen LogP contribution in [0.2, 0.25) is 0 Å². The molecule has 1 amide bonds. The van der Waals surface area contributed by atoms with Gasteiger partial charge in [-0.1, -0.05) is 12.1 Å². The van der Waals surface area contributed by atoms with Crippen molar-refractivity contribution in [2.45, 2.75) is 20.4 Å². The largest absolute Gasteiger partial charge is 0.461 e. The molecule has 0 aliphatic rings. The number of hydrogen-bond acceptors (Lipinski definition) is 4. The van der Waals surface area contributed by atoms with E-state index in [0.29, 0.717) is 24.4 Å². The minimum atomic E-state index is -0.371. The average molecular weight is 413 g/mol. The number of rotatable bonds is 6. The van der Waals surface area contributed by atoms with Crippen molar-refractivity contribution in [3.05, 3.63) is 89.4 Å². The van der Waals surface area contributed by atoms with Crippen molar-refractivity contribution in [2.24, 2.45) is 0 Å². The first-order chi connectivity index (χ1) is 15.0. The summed E-state index contributed by atoms with van der Waals surface area (Å²) in [4.78, 5) is 31.8. The lowest BCUT2D eigenvalue weighted by Crippen LogP contribution is -2.22. The van der Waals surface area contributed by atoms with Crippen molar-refractivity contribution >= 4 is 22.8 Å². The first-order valence-electron chi connectivity index (χ1n) is 10.1. The Morgan fingerprint density at radius 3 is 2.61 bits per heavy atom. The van der Waals surface area contributed by atoms with Crippen LogP contribution in [-0.2, 0) is 11.3 Å². The lowest BCUT2D eigenvalue weighted by molar-refractivity contribution is 0.0520. The molecule has 0 atom stereocenters. The minimum Gasteiger partial charge on any atom is -0.461 e. The number of carbonyl (C=O) groups is 2. The molecule has 156 valence electrons. The maximum atomic E-state index is 12.7. The van der Waals surface area contributed by atoms with Gasteiger partial charge in [0.15, 0.2) is 0 Å². The molecule has 0 bridgehead atoms. The SMILES string of the molecule is CCOC(=O)c1cc2cc(-c3cc(C(=O)NCc4ccncc4)ccc3C)ccc2[nH]1. The van der Waals surface area contributed by atoms with Gasteiger partial charge in [0.25, 0.3) is 5.91 Å². The van der Waals surface area contributed by atoms with Crippen LogP contribution in [0.4, 0.5) is 0 Å². The fraction of sp³-hybridized carbons (Fsp3) is 0.160. The number of benzene rings is 2. The predicted molar refractivity (Wildman–Crippen MR) is 120 cm³/mol. The van der Waals surface area contributed by atoms with E-state index >= 15 is 0 Å². The predicted octanol–water partition coefficient (Wildman–Crippen LogP) is 4.65. The van der Waals surface area contributed by atoms with Gasteiger partial charge in [0.2, 0.25) is 0 Å². The molecule has 6 heteroatoms. The van der Waals surface area contributed by atoms with Crippen molar-refractivity contribution in [1.82, 2.24) is 15.3 Å². The second kappa shape index (κ2) is 8.83. The van der Waals surface area contributed by atoms with Crippen molar-refractivity contribution in [1.29, 1.82) is 0 Å². The molecule has 0 radical (unpaired) electrons. The zero-order valence-electron chi connectivity index (χ0n) is 17.4. The van der Waals surface area contributed by atoms with E-state index in [2.05, 4.69) is 15.3 Å². The van der Waals surface area contributed by atoms with E-state index < -0.39 is 0 Å². The molecular weight excluding hydrogens is 390 g/mol. The summed E-state index contributed by atoms with van der Waals surface area (Å²) in [6.45, 7) is 4.56. The summed E-state index contributed by atoms with van der Waals surface area (Å²) in [6.07, 6.45) is 3.41. The number of esters is 1. The number of fused-ring (bicyclic) bond motifs is 1. The van der Waals surface area contributed by atoms with Gasteiger partial charge < -0.3 is 15.0 Å². The minimum absolute atomic E-state index is 0.134. The Bertz CT molecular complexity index is 1250. The Hall–Kier alpha value is -3.93. The smallest absolute Gasteiger partial charge is 0.354 e. The van der Waals surface area contributed by atoms with Crippen LogP contribution in [0.1, 0.15) is 38.9 Å². The first-order valence-corrected chi connectivity index (χ1v) is 10.1. The third-order valence-electron chi connectivity index (χ3n) is 5.13. The van der Waals surface area contributed by atoms with Crippen LogP contribution in [0.25, 0.3) is 22.0 Å². The number of ether oxygens (including phenoxy) is 1. The normalized spacial score (nSPS) is 10.8. The number of amides is 1. The summed E-state index contributed by atoms with van der Waals surface area (Å²) >= 11 is 0. The zero-order valence-corrected chi connectivity index (χ0v) is 17.4. The van der Waals surface area contributed by atoms with Gasteiger partial charge in [0.05, 0.1) is 6.61 Å². The average Bonchev–Trinajstić information content (AvgIpc) is 3.22. The molecule has 2 aromatic heterocycles. The molecule has 0 fully saturated rings. The van der Waals surface area contributed by atoms with E-state index in [4.69, 9.17) is 4.74 Å². The summed E-state index contributed by atoms with van der Waals surface area (Å²) in [5.41, 5.74) is 5.87. The Morgan fingerprint density at radius 2 is 1.84 bits per heavy atom. The lowest BCUT2D eigenvalue weighted by Gasteiger charge is -2.10. The summed E-state index contributed by atoms with van der Waals surface area (Å²) in [6, 6.07) is 17.1. The molecule has 2 N–H and O–H groups in total. The number of nitrogens with one attached hydrogen (secondary N) is 2. The molecule has 0 spiro atoms. The number of H-pyrrole nitrogens is 1. The van der Waals surface area contributed by atoms with Crippen molar-refractivity contribution in [3.8, 4) is 11.1 Å². The van der Waals surface area contributed by atoms with E-state index in [1.165, 1.54) is 0 Å². The second-order valence-corrected chi connectivity index (χ2v) is 7.27. The number of hydrogen-bond donors (Lipinski definition) is 2. The molecule has 4 rings (SSSR count). The molecule has 4 aromatic rings. The highest BCUT2D eigenvalue weighted by Crippen LogP contribution is 2.28. The summed E-state index contributed by atoms with van der Waals surface area (Å²) in [5, 5.41) is 3.86. The molecule has 0 saturated heterocycles. The van der Waals surface area contributed by atoms with Crippen molar-refractivity contribution < 1.29 is 14.3 Å². The lowest BCUT2D eigenvalue weighted by atomic mass is 9.97. The fourth-order valence-electron chi connectivity index (χ4n) is 3.48. The van der Waals surface area contributed by atoms with E-state index in [1.807, 2.05) is 55.5 Å².